The highest BCUT2D eigenvalue weighted by atomic mass is 16.6. The van der Waals surface area contributed by atoms with E-state index in [0.717, 1.165) is 41.7 Å². The first-order valence-electron chi connectivity index (χ1n) is 10.9. The van der Waals surface area contributed by atoms with Crippen LogP contribution < -0.4 is 0 Å². The average Bonchev–Trinajstić information content (AvgIpc) is 3.04. The summed E-state index contributed by atoms with van der Waals surface area (Å²) in [4.78, 5) is 25.1. The molecular weight excluding hydrogens is 380 g/mol. The van der Waals surface area contributed by atoms with Crippen molar-refractivity contribution >= 4 is 11.9 Å². The van der Waals surface area contributed by atoms with Gasteiger partial charge in [-0.15, -0.1) is 0 Å². The fourth-order valence-corrected chi connectivity index (χ4v) is 5.11. The van der Waals surface area contributed by atoms with E-state index in [0.29, 0.717) is 5.57 Å². The summed E-state index contributed by atoms with van der Waals surface area (Å²) in [5.74, 6) is 0.609. The second-order valence-electron chi connectivity index (χ2n) is 9.34. The molecule has 30 heavy (non-hydrogen) atoms. The SMILES string of the molecule is CC=C(C)C(=O)OC1c2c(C)coc2CC2CCC(OC(=O)C=C(C)C)C(C)C21C. The maximum atomic E-state index is 12.8. The van der Waals surface area contributed by atoms with Crippen molar-refractivity contribution in [2.75, 3.05) is 0 Å². The highest BCUT2D eigenvalue weighted by Crippen LogP contribution is 2.60. The van der Waals surface area contributed by atoms with Gasteiger partial charge in [-0.1, -0.05) is 25.5 Å². The van der Waals surface area contributed by atoms with Gasteiger partial charge in [-0.3, -0.25) is 0 Å². The van der Waals surface area contributed by atoms with E-state index in [9.17, 15) is 9.59 Å². The van der Waals surface area contributed by atoms with Crippen LogP contribution in [0.25, 0.3) is 0 Å². The zero-order valence-corrected chi connectivity index (χ0v) is 19.2. The van der Waals surface area contributed by atoms with Crippen molar-refractivity contribution < 1.29 is 23.5 Å². The number of aryl methyl sites for hydroxylation is 1. The third kappa shape index (κ3) is 3.86. The fourth-order valence-electron chi connectivity index (χ4n) is 5.11. The molecule has 5 nitrogen and oxygen atoms in total. The number of esters is 2. The van der Waals surface area contributed by atoms with Gasteiger partial charge >= 0.3 is 11.9 Å². The van der Waals surface area contributed by atoms with E-state index in [4.69, 9.17) is 13.9 Å². The highest BCUT2D eigenvalue weighted by molar-refractivity contribution is 5.88. The fraction of sp³-hybridized carbons (Fsp3) is 0.600. The third-order valence-corrected chi connectivity index (χ3v) is 7.23. The summed E-state index contributed by atoms with van der Waals surface area (Å²) in [6.07, 6.45) is 6.91. The molecule has 5 heteroatoms. The van der Waals surface area contributed by atoms with E-state index in [1.165, 1.54) is 6.08 Å². The Bertz CT molecular complexity index is 885. The van der Waals surface area contributed by atoms with Crippen LogP contribution in [0, 0.1) is 24.2 Å². The van der Waals surface area contributed by atoms with Gasteiger partial charge in [-0.2, -0.15) is 0 Å². The second kappa shape index (κ2) is 8.44. The predicted octanol–water partition coefficient (Wildman–Crippen LogP) is 5.63. The summed E-state index contributed by atoms with van der Waals surface area (Å²) in [7, 11) is 0. The van der Waals surface area contributed by atoms with E-state index in [1.54, 1.807) is 19.3 Å². The topological polar surface area (TPSA) is 65.7 Å². The normalized spacial score (nSPS) is 30.7. The number of allylic oxidation sites excluding steroid dienone is 2. The Kier molecular flexibility index (Phi) is 6.30. The lowest BCUT2D eigenvalue weighted by atomic mass is 9.53. The molecule has 1 saturated carbocycles. The van der Waals surface area contributed by atoms with Crippen LogP contribution in [0.5, 0.6) is 0 Å². The van der Waals surface area contributed by atoms with Crippen molar-refractivity contribution in [1.82, 2.24) is 0 Å². The third-order valence-electron chi connectivity index (χ3n) is 7.23. The van der Waals surface area contributed by atoms with Crippen molar-refractivity contribution in [3.05, 3.63) is 46.4 Å². The van der Waals surface area contributed by atoms with Gasteiger partial charge in [0, 0.05) is 35.0 Å². The standard InChI is InChI=1S/C25H34O5/c1-8-15(4)24(27)30-23-22-16(5)13-28-20(22)12-18-9-10-19(17(6)25(18,23)7)29-21(26)11-14(2)3/h8,11,13,17-19,23H,9-10,12H2,1-7H3. The number of furan rings is 1. The van der Waals surface area contributed by atoms with Gasteiger partial charge in [-0.25, -0.2) is 9.59 Å². The molecule has 5 unspecified atom stereocenters. The molecule has 3 rings (SSSR count). The zero-order valence-electron chi connectivity index (χ0n) is 19.2. The number of ether oxygens (including phenoxy) is 2. The Hall–Kier alpha value is -2.30. The molecule has 1 aromatic rings. The number of carbonyl (C=O) groups is 2. The molecule has 0 amide bonds. The molecular formula is C25H34O5. The lowest BCUT2D eigenvalue weighted by Crippen LogP contribution is -2.53. The van der Waals surface area contributed by atoms with Gasteiger partial charge < -0.3 is 13.9 Å². The van der Waals surface area contributed by atoms with Crippen LogP contribution in [0.3, 0.4) is 0 Å². The second-order valence-corrected chi connectivity index (χ2v) is 9.34. The highest BCUT2D eigenvalue weighted by Gasteiger charge is 2.57. The smallest absolute Gasteiger partial charge is 0.334 e. The van der Waals surface area contributed by atoms with Crippen LogP contribution in [0.4, 0.5) is 0 Å². The molecule has 5 atom stereocenters. The largest absolute Gasteiger partial charge is 0.469 e. The lowest BCUT2D eigenvalue weighted by Gasteiger charge is -2.54. The molecule has 164 valence electrons. The summed E-state index contributed by atoms with van der Waals surface area (Å²) in [6, 6.07) is 0. The minimum atomic E-state index is -0.438. The van der Waals surface area contributed by atoms with Gasteiger partial charge in [0.05, 0.1) is 6.26 Å². The maximum Gasteiger partial charge on any atom is 0.334 e. The van der Waals surface area contributed by atoms with Crippen LogP contribution >= 0.6 is 0 Å². The lowest BCUT2D eigenvalue weighted by molar-refractivity contribution is -0.183. The number of carbonyl (C=O) groups excluding carboxylic acids is 2. The van der Waals surface area contributed by atoms with E-state index >= 15 is 0 Å². The van der Waals surface area contributed by atoms with Crippen LogP contribution in [-0.4, -0.2) is 18.0 Å². The molecule has 0 aliphatic heterocycles. The first-order valence-corrected chi connectivity index (χ1v) is 10.9. The molecule has 0 N–H and O–H groups in total. The van der Waals surface area contributed by atoms with Crippen LogP contribution in [-0.2, 0) is 25.5 Å². The summed E-state index contributed by atoms with van der Waals surface area (Å²) in [5, 5.41) is 0. The van der Waals surface area contributed by atoms with Crippen LogP contribution in [0.15, 0.2) is 34.0 Å². The molecule has 1 heterocycles. The van der Waals surface area contributed by atoms with Gasteiger partial charge in [0.2, 0.25) is 0 Å². The predicted molar refractivity (Wildman–Crippen MR) is 115 cm³/mol. The summed E-state index contributed by atoms with van der Waals surface area (Å²) in [5.41, 5.74) is 3.11. The Morgan fingerprint density at radius 3 is 2.53 bits per heavy atom. The number of fused-ring (bicyclic) bond motifs is 2. The number of hydrogen-bond acceptors (Lipinski definition) is 5. The minimum absolute atomic E-state index is 0.0249. The Morgan fingerprint density at radius 2 is 1.90 bits per heavy atom. The van der Waals surface area contributed by atoms with Crippen LogP contribution in [0.2, 0.25) is 0 Å². The molecule has 0 saturated heterocycles. The van der Waals surface area contributed by atoms with E-state index in [2.05, 4.69) is 13.8 Å². The number of rotatable bonds is 4. The maximum absolute atomic E-state index is 12.8. The first kappa shape index (κ1) is 22.4. The molecule has 1 fully saturated rings. The van der Waals surface area contributed by atoms with Gasteiger partial charge in [0.15, 0.2) is 0 Å². The summed E-state index contributed by atoms with van der Waals surface area (Å²) in [6.45, 7) is 13.7. The van der Waals surface area contributed by atoms with Crippen molar-refractivity contribution in [3.8, 4) is 0 Å². The zero-order chi connectivity index (χ0) is 22.2. The Labute approximate surface area is 179 Å². The average molecular weight is 415 g/mol. The molecule has 1 aromatic heterocycles. The van der Waals surface area contributed by atoms with E-state index < -0.39 is 6.10 Å². The summed E-state index contributed by atoms with van der Waals surface area (Å²) >= 11 is 0. The Morgan fingerprint density at radius 1 is 1.20 bits per heavy atom. The van der Waals surface area contributed by atoms with Crippen LogP contribution in [0.1, 0.15) is 77.4 Å². The molecule has 0 radical (unpaired) electrons. The van der Waals surface area contributed by atoms with Crippen molar-refractivity contribution in [3.63, 3.8) is 0 Å². The summed E-state index contributed by atoms with van der Waals surface area (Å²) < 4.78 is 17.9. The van der Waals surface area contributed by atoms with Gasteiger partial charge in [0.1, 0.15) is 18.0 Å². The molecule has 0 spiro atoms. The minimum Gasteiger partial charge on any atom is -0.469 e. The monoisotopic (exact) mass is 414 g/mol. The first-order chi connectivity index (χ1) is 14.1. The van der Waals surface area contributed by atoms with Crippen molar-refractivity contribution in [2.24, 2.45) is 17.3 Å². The Balaban J connectivity index is 1.99. The van der Waals surface area contributed by atoms with E-state index in [1.807, 2.05) is 27.7 Å². The molecule has 0 bridgehead atoms. The van der Waals surface area contributed by atoms with Crippen molar-refractivity contribution in [1.29, 1.82) is 0 Å². The molecule has 2 aliphatic carbocycles. The van der Waals surface area contributed by atoms with Crippen molar-refractivity contribution in [2.45, 2.75) is 79.9 Å². The van der Waals surface area contributed by atoms with E-state index in [-0.39, 0.29) is 35.3 Å². The quantitative estimate of drug-likeness (QED) is 0.472. The van der Waals surface area contributed by atoms with Gasteiger partial charge in [0.25, 0.3) is 0 Å². The molecule has 2 aliphatic rings. The van der Waals surface area contributed by atoms with Gasteiger partial charge in [-0.05, 0) is 58.9 Å². The number of hydrogen-bond donors (Lipinski definition) is 0. The molecule has 0 aromatic carbocycles.